The van der Waals surface area contributed by atoms with Crippen LogP contribution in [0.3, 0.4) is 0 Å². The second-order valence-corrected chi connectivity index (χ2v) is 4.77. The van der Waals surface area contributed by atoms with Crippen molar-refractivity contribution in [3.63, 3.8) is 0 Å². The highest BCUT2D eigenvalue weighted by Crippen LogP contribution is 2.29. The predicted octanol–water partition coefficient (Wildman–Crippen LogP) is 3.19. The van der Waals surface area contributed by atoms with Gasteiger partial charge in [0.25, 0.3) is 0 Å². The Bertz CT molecular complexity index is 675. The molecule has 3 aromatic rings. The summed E-state index contributed by atoms with van der Waals surface area (Å²) in [7, 11) is 0. The molecule has 0 amide bonds. The lowest BCUT2D eigenvalue weighted by Crippen LogP contribution is -1.92. The van der Waals surface area contributed by atoms with Gasteiger partial charge >= 0.3 is 0 Å². The largest absolute Gasteiger partial charge is 0.342 e. The van der Waals surface area contributed by atoms with Gasteiger partial charge in [-0.1, -0.05) is 0 Å². The van der Waals surface area contributed by atoms with Crippen molar-refractivity contribution in [3.05, 3.63) is 34.8 Å². The van der Waals surface area contributed by atoms with Crippen LogP contribution in [0.2, 0.25) is 0 Å². The van der Waals surface area contributed by atoms with Gasteiger partial charge in [0.05, 0.1) is 23.6 Å². The van der Waals surface area contributed by atoms with E-state index in [0.29, 0.717) is 0 Å². The van der Waals surface area contributed by atoms with E-state index in [1.165, 1.54) is 22.3 Å². The summed E-state index contributed by atoms with van der Waals surface area (Å²) < 4.78 is 0. The predicted molar refractivity (Wildman–Crippen MR) is 72.6 cm³/mol. The van der Waals surface area contributed by atoms with E-state index < -0.39 is 0 Å². The molecular formula is C14H16N4. The van der Waals surface area contributed by atoms with Crippen molar-refractivity contribution in [3.8, 4) is 11.5 Å². The lowest BCUT2D eigenvalue weighted by molar-refractivity contribution is 1.24. The summed E-state index contributed by atoms with van der Waals surface area (Å²) in [6.07, 6.45) is 3.45. The van der Waals surface area contributed by atoms with Crippen molar-refractivity contribution < 1.29 is 0 Å². The fourth-order valence-corrected chi connectivity index (χ4v) is 2.36. The second kappa shape index (κ2) is 3.70. The Kier molecular flexibility index (Phi) is 2.26. The van der Waals surface area contributed by atoms with Gasteiger partial charge in [-0.15, -0.1) is 0 Å². The van der Waals surface area contributed by atoms with Crippen molar-refractivity contribution in [1.82, 2.24) is 19.9 Å². The number of nitrogens with zero attached hydrogens (tertiary/aromatic N) is 2. The van der Waals surface area contributed by atoms with Gasteiger partial charge in [0.2, 0.25) is 0 Å². The fourth-order valence-electron chi connectivity index (χ4n) is 2.36. The molecule has 0 spiro atoms. The average molecular weight is 240 g/mol. The summed E-state index contributed by atoms with van der Waals surface area (Å²) >= 11 is 0. The molecule has 2 aromatic heterocycles. The van der Waals surface area contributed by atoms with Gasteiger partial charge in [-0.2, -0.15) is 0 Å². The van der Waals surface area contributed by atoms with Gasteiger partial charge < -0.3 is 9.97 Å². The summed E-state index contributed by atoms with van der Waals surface area (Å²) in [6.45, 7) is 8.58. The molecule has 3 rings (SSSR count). The lowest BCUT2D eigenvalue weighted by atomic mass is 9.98. The van der Waals surface area contributed by atoms with E-state index in [1.54, 1.807) is 12.5 Å². The SMILES string of the molecule is Cc1c(C)c(C)c2[nH]c(-c3cnc[nH]3)nc2c1C. The number of aromatic amines is 2. The van der Waals surface area contributed by atoms with E-state index in [-0.39, 0.29) is 0 Å². The van der Waals surface area contributed by atoms with Gasteiger partial charge in [-0.25, -0.2) is 9.97 Å². The number of fused-ring (bicyclic) bond motifs is 1. The first-order valence-corrected chi connectivity index (χ1v) is 6.04. The quantitative estimate of drug-likeness (QED) is 0.686. The van der Waals surface area contributed by atoms with Crippen LogP contribution in [0, 0.1) is 27.7 Å². The van der Waals surface area contributed by atoms with Crippen molar-refractivity contribution >= 4 is 11.0 Å². The van der Waals surface area contributed by atoms with Crippen LogP contribution in [0.4, 0.5) is 0 Å². The molecule has 4 nitrogen and oxygen atoms in total. The number of hydrogen-bond acceptors (Lipinski definition) is 2. The van der Waals surface area contributed by atoms with Gasteiger partial charge in [-0.3, -0.25) is 0 Å². The summed E-state index contributed by atoms with van der Waals surface area (Å²) in [6, 6.07) is 0. The molecule has 0 saturated carbocycles. The maximum absolute atomic E-state index is 4.69. The van der Waals surface area contributed by atoms with Crippen molar-refractivity contribution in [2.24, 2.45) is 0 Å². The molecule has 0 bridgehead atoms. The highest BCUT2D eigenvalue weighted by molar-refractivity contribution is 5.87. The number of rotatable bonds is 1. The van der Waals surface area contributed by atoms with E-state index in [4.69, 9.17) is 4.98 Å². The normalized spacial score (nSPS) is 11.3. The topological polar surface area (TPSA) is 57.4 Å². The van der Waals surface area contributed by atoms with Crippen LogP contribution in [0.5, 0.6) is 0 Å². The molecule has 1 aromatic carbocycles. The van der Waals surface area contributed by atoms with Crippen LogP contribution in [-0.2, 0) is 0 Å². The summed E-state index contributed by atoms with van der Waals surface area (Å²) in [5.74, 6) is 0.846. The summed E-state index contributed by atoms with van der Waals surface area (Å²) in [5, 5.41) is 0. The monoisotopic (exact) mass is 240 g/mol. The van der Waals surface area contributed by atoms with E-state index in [0.717, 1.165) is 22.6 Å². The van der Waals surface area contributed by atoms with E-state index in [1.807, 2.05) is 0 Å². The third kappa shape index (κ3) is 1.38. The van der Waals surface area contributed by atoms with E-state index >= 15 is 0 Å². The Labute approximate surface area is 105 Å². The number of aryl methyl sites for hydroxylation is 2. The number of nitrogens with one attached hydrogen (secondary N) is 2. The minimum Gasteiger partial charge on any atom is -0.342 e. The number of hydrogen-bond donors (Lipinski definition) is 2. The molecule has 0 unspecified atom stereocenters. The third-order valence-electron chi connectivity index (χ3n) is 3.87. The summed E-state index contributed by atoms with van der Waals surface area (Å²) in [4.78, 5) is 15.2. The molecule has 0 radical (unpaired) electrons. The van der Waals surface area contributed by atoms with Crippen LogP contribution in [0.1, 0.15) is 22.3 Å². The van der Waals surface area contributed by atoms with E-state index in [9.17, 15) is 0 Å². The molecule has 18 heavy (non-hydrogen) atoms. The van der Waals surface area contributed by atoms with Crippen LogP contribution in [0.15, 0.2) is 12.5 Å². The Balaban J connectivity index is 2.36. The molecule has 2 heterocycles. The van der Waals surface area contributed by atoms with Crippen LogP contribution in [0.25, 0.3) is 22.6 Å². The molecule has 0 aliphatic heterocycles. The minimum absolute atomic E-state index is 0.846. The Morgan fingerprint density at radius 1 is 0.944 bits per heavy atom. The van der Waals surface area contributed by atoms with Gasteiger partial charge in [0, 0.05) is 0 Å². The number of H-pyrrole nitrogens is 2. The van der Waals surface area contributed by atoms with Gasteiger partial charge in [0.15, 0.2) is 5.82 Å². The fraction of sp³-hybridized carbons (Fsp3) is 0.286. The van der Waals surface area contributed by atoms with Crippen molar-refractivity contribution in [2.75, 3.05) is 0 Å². The third-order valence-corrected chi connectivity index (χ3v) is 3.87. The summed E-state index contributed by atoms with van der Waals surface area (Å²) in [5.41, 5.74) is 8.27. The van der Waals surface area contributed by atoms with Crippen LogP contribution in [-0.4, -0.2) is 19.9 Å². The maximum atomic E-state index is 4.69. The maximum Gasteiger partial charge on any atom is 0.156 e. The standard InChI is InChI=1S/C14H16N4/c1-7-8(2)10(4)13-12(9(7)3)17-14(18-13)11-5-15-6-16-11/h5-6H,1-4H3,(H,15,16)(H,17,18). The zero-order chi connectivity index (χ0) is 12.9. The van der Waals surface area contributed by atoms with Crippen LogP contribution >= 0.6 is 0 Å². The van der Waals surface area contributed by atoms with Crippen molar-refractivity contribution in [1.29, 1.82) is 0 Å². The molecule has 0 aliphatic rings. The zero-order valence-corrected chi connectivity index (χ0v) is 11.0. The number of imidazole rings is 2. The Hall–Kier alpha value is -2.10. The lowest BCUT2D eigenvalue weighted by Gasteiger charge is -2.09. The average Bonchev–Trinajstić information content (AvgIpc) is 3.01. The van der Waals surface area contributed by atoms with Crippen LogP contribution < -0.4 is 0 Å². The number of aromatic nitrogens is 4. The van der Waals surface area contributed by atoms with Gasteiger partial charge in [-0.05, 0) is 49.9 Å². The smallest absolute Gasteiger partial charge is 0.156 e. The number of benzene rings is 1. The Morgan fingerprint density at radius 2 is 1.67 bits per heavy atom. The van der Waals surface area contributed by atoms with E-state index in [2.05, 4.69) is 42.6 Å². The van der Waals surface area contributed by atoms with Crippen molar-refractivity contribution in [2.45, 2.75) is 27.7 Å². The first kappa shape index (κ1) is 11.0. The molecule has 0 fully saturated rings. The molecule has 0 atom stereocenters. The first-order chi connectivity index (χ1) is 8.59. The highest BCUT2D eigenvalue weighted by atomic mass is 15.0. The molecule has 0 aliphatic carbocycles. The molecule has 92 valence electrons. The van der Waals surface area contributed by atoms with Gasteiger partial charge in [0.1, 0.15) is 5.69 Å². The molecule has 2 N–H and O–H groups in total. The minimum atomic E-state index is 0.846. The molecule has 4 heteroatoms. The Morgan fingerprint density at radius 3 is 2.33 bits per heavy atom. The molecular weight excluding hydrogens is 224 g/mol. The highest BCUT2D eigenvalue weighted by Gasteiger charge is 2.14. The zero-order valence-electron chi connectivity index (χ0n) is 11.0. The molecule has 0 saturated heterocycles. The first-order valence-electron chi connectivity index (χ1n) is 6.04. The second-order valence-electron chi connectivity index (χ2n) is 4.77.